The number of aromatic nitrogens is 1. The van der Waals surface area contributed by atoms with Crippen LogP contribution < -0.4 is 0 Å². The molecule has 1 heterocycles. The lowest BCUT2D eigenvalue weighted by Crippen LogP contribution is -2.07. The molecular weight excluding hydrogens is 285 g/mol. The zero-order chi connectivity index (χ0) is 12.4. The van der Waals surface area contributed by atoms with Gasteiger partial charge in [0.15, 0.2) is 0 Å². The van der Waals surface area contributed by atoms with Crippen molar-refractivity contribution in [3.05, 3.63) is 63.6 Å². The van der Waals surface area contributed by atoms with Crippen LogP contribution in [0.3, 0.4) is 0 Å². The van der Waals surface area contributed by atoms with Crippen molar-refractivity contribution < 1.29 is 9.18 Å². The Morgan fingerprint density at radius 3 is 2.82 bits per heavy atom. The molecule has 1 aromatic carbocycles. The van der Waals surface area contributed by atoms with E-state index in [0.717, 1.165) is 5.56 Å². The van der Waals surface area contributed by atoms with Crippen molar-refractivity contribution in [1.82, 2.24) is 4.98 Å². The molecule has 0 saturated heterocycles. The number of nitrogens with zero attached hydrogens (tertiary/aromatic N) is 1. The minimum atomic E-state index is -0.425. The zero-order valence-corrected chi connectivity index (χ0v) is 10.7. The summed E-state index contributed by atoms with van der Waals surface area (Å²) in [6, 6.07) is 7.60. The van der Waals surface area contributed by atoms with E-state index in [9.17, 15) is 9.18 Å². The minimum absolute atomic E-state index is 0.283. The fourth-order valence-electron chi connectivity index (χ4n) is 1.52. The number of benzene rings is 1. The summed E-state index contributed by atoms with van der Waals surface area (Å²) in [5.41, 5.74) is 1.36. The SMILES string of the molecule is Cc1ccc(F)cc1C(=O)c1ncccc1Br. The summed E-state index contributed by atoms with van der Waals surface area (Å²) in [5, 5.41) is 0. The molecule has 0 aliphatic heterocycles. The van der Waals surface area contributed by atoms with Gasteiger partial charge in [0.2, 0.25) is 5.78 Å². The molecule has 4 heteroatoms. The summed E-state index contributed by atoms with van der Waals surface area (Å²) in [6.45, 7) is 1.77. The van der Waals surface area contributed by atoms with Crippen LogP contribution in [0.2, 0.25) is 0 Å². The normalized spacial score (nSPS) is 10.3. The van der Waals surface area contributed by atoms with E-state index in [-0.39, 0.29) is 5.78 Å². The van der Waals surface area contributed by atoms with Crippen molar-refractivity contribution in [2.75, 3.05) is 0 Å². The number of carbonyl (C=O) groups excluding carboxylic acids is 1. The first-order chi connectivity index (χ1) is 8.09. The van der Waals surface area contributed by atoms with Crippen LogP contribution in [0.1, 0.15) is 21.6 Å². The predicted octanol–water partition coefficient (Wildman–Crippen LogP) is 3.52. The summed E-state index contributed by atoms with van der Waals surface area (Å²) in [4.78, 5) is 16.2. The van der Waals surface area contributed by atoms with E-state index in [4.69, 9.17) is 0 Å². The average Bonchev–Trinajstić information content (AvgIpc) is 2.32. The van der Waals surface area contributed by atoms with E-state index in [1.807, 2.05) is 0 Å². The number of halogens is 2. The summed E-state index contributed by atoms with van der Waals surface area (Å²) in [5.74, 6) is -0.708. The van der Waals surface area contributed by atoms with Crippen molar-refractivity contribution >= 4 is 21.7 Å². The van der Waals surface area contributed by atoms with Crippen LogP contribution in [0.4, 0.5) is 4.39 Å². The molecule has 0 bridgehead atoms. The molecular formula is C13H9BrFNO. The number of hydrogen-bond acceptors (Lipinski definition) is 2. The van der Waals surface area contributed by atoms with Gasteiger partial charge in [0.25, 0.3) is 0 Å². The topological polar surface area (TPSA) is 30.0 Å². The van der Waals surface area contributed by atoms with Gasteiger partial charge in [-0.2, -0.15) is 0 Å². The van der Waals surface area contributed by atoms with Gasteiger partial charge in [-0.05, 0) is 52.7 Å². The molecule has 0 fully saturated rings. The molecule has 17 heavy (non-hydrogen) atoms. The second-order valence-corrected chi connectivity index (χ2v) is 4.48. The Morgan fingerprint density at radius 2 is 2.12 bits per heavy atom. The van der Waals surface area contributed by atoms with Crippen LogP contribution in [-0.2, 0) is 0 Å². The highest BCUT2D eigenvalue weighted by molar-refractivity contribution is 9.10. The Balaban J connectivity index is 2.51. The molecule has 2 nitrogen and oxygen atoms in total. The second-order valence-electron chi connectivity index (χ2n) is 3.62. The molecule has 0 aliphatic rings. The number of carbonyl (C=O) groups is 1. The monoisotopic (exact) mass is 293 g/mol. The average molecular weight is 294 g/mol. The highest BCUT2D eigenvalue weighted by Crippen LogP contribution is 2.20. The maximum Gasteiger partial charge on any atom is 0.212 e. The number of hydrogen-bond donors (Lipinski definition) is 0. The van der Waals surface area contributed by atoms with E-state index in [1.54, 1.807) is 25.1 Å². The maximum absolute atomic E-state index is 13.1. The second kappa shape index (κ2) is 4.75. The number of pyridine rings is 1. The molecule has 0 N–H and O–H groups in total. The number of rotatable bonds is 2. The number of ketones is 1. The zero-order valence-electron chi connectivity index (χ0n) is 9.08. The Hall–Kier alpha value is -1.55. The Morgan fingerprint density at radius 1 is 1.35 bits per heavy atom. The van der Waals surface area contributed by atoms with Crippen LogP contribution in [0.5, 0.6) is 0 Å². The molecule has 1 aromatic heterocycles. The lowest BCUT2D eigenvalue weighted by Gasteiger charge is -2.05. The fraction of sp³-hybridized carbons (Fsp3) is 0.0769. The van der Waals surface area contributed by atoms with E-state index >= 15 is 0 Å². The third kappa shape index (κ3) is 2.42. The molecule has 86 valence electrons. The van der Waals surface area contributed by atoms with E-state index in [2.05, 4.69) is 20.9 Å². The molecule has 0 saturated carbocycles. The standard InChI is InChI=1S/C13H9BrFNO/c1-8-4-5-9(15)7-10(8)13(17)12-11(14)3-2-6-16-12/h2-7H,1H3. The summed E-state index contributed by atoms with van der Waals surface area (Å²) < 4.78 is 13.7. The third-order valence-electron chi connectivity index (χ3n) is 2.42. The van der Waals surface area contributed by atoms with Gasteiger partial charge in [0.05, 0.1) is 0 Å². The molecule has 0 radical (unpaired) electrons. The Kier molecular flexibility index (Phi) is 3.33. The van der Waals surface area contributed by atoms with Gasteiger partial charge < -0.3 is 0 Å². The molecule has 2 aromatic rings. The van der Waals surface area contributed by atoms with Crippen molar-refractivity contribution in [3.8, 4) is 0 Å². The molecule has 0 unspecified atom stereocenters. The van der Waals surface area contributed by atoms with Crippen molar-refractivity contribution in [3.63, 3.8) is 0 Å². The molecule has 0 spiro atoms. The molecule has 0 amide bonds. The Labute approximate surface area is 107 Å². The van der Waals surface area contributed by atoms with Crippen molar-refractivity contribution in [2.45, 2.75) is 6.92 Å². The lowest BCUT2D eigenvalue weighted by atomic mass is 10.0. The van der Waals surface area contributed by atoms with E-state index in [1.165, 1.54) is 18.3 Å². The van der Waals surface area contributed by atoms with Gasteiger partial charge in [-0.1, -0.05) is 6.07 Å². The van der Waals surface area contributed by atoms with Crippen LogP contribution >= 0.6 is 15.9 Å². The smallest absolute Gasteiger partial charge is 0.212 e. The molecule has 0 atom stereocenters. The molecule has 2 rings (SSSR count). The van der Waals surface area contributed by atoms with Gasteiger partial charge in [0.1, 0.15) is 11.5 Å². The van der Waals surface area contributed by atoms with Gasteiger partial charge in [-0.3, -0.25) is 9.78 Å². The lowest BCUT2D eigenvalue weighted by molar-refractivity contribution is 0.103. The van der Waals surface area contributed by atoms with E-state index in [0.29, 0.717) is 15.7 Å². The highest BCUT2D eigenvalue weighted by Gasteiger charge is 2.16. The Bertz CT molecular complexity index is 583. The first-order valence-electron chi connectivity index (χ1n) is 5.01. The largest absolute Gasteiger partial charge is 0.287 e. The fourth-order valence-corrected chi connectivity index (χ4v) is 1.95. The van der Waals surface area contributed by atoms with Gasteiger partial charge in [-0.25, -0.2) is 4.39 Å². The minimum Gasteiger partial charge on any atom is -0.287 e. The van der Waals surface area contributed by atoms with Gasteiger partial charge >= 0.3 is 0 Å². The van der Waals surface area contributed by atoms with Crippen LogP contribution in [0, 0.1) is 12.7 Å². The summed E-state index contributed by atoms with van der Waals surface area (Å²) in [6.07, 6.45) is 1.53. The van der Waals surface area contributed by atoms with Gasteiger partial charge in [0, 0.05) is 16.2 Å². The van der Waals surface area contributed by atoms with Crippen molar-refractivity contribution in [1.29, 1.82) is 0 Å². The predicted molar refractivity (Wildman–Crippen MR) is 66.5 cm³/mol. The van der Waals surface area contributed by atoms with Gasteiger partial charge in [-0.15, -0.1) is 0 Å². The first-order valence-corrected chi connectivity index (χ1v) is 5.80. The van der Waals surface area contributed by atoms with Crippen LogP contribution in [-0.4, -0.2) is 10.8 Å². The van der Waals surface area contributed by atoms with E-state index < -0.39 is 5.82 Å². The quantitative estimate of drug-likeness (QED) is 0.793. The third-order valence-corrected chi connectivity index (χ3v) is 3.06. The maximum atomic E-state index is 13.1. The highest BCUT2D eigenvalue weighted by atomic mass is 79.9. The van der Waals surface area contributed by atoms with Crippen molar-refractivity contribution in [2.24, 2.45) is 0 Å². The first kappa shape index (κ1) is 11.9. The molecule has 0 aliphatic carbocycles. The summed E-state index contributed by atoms with van der Waals surface area (Å²) in [7, 11) is 0. The summed E-state index contributed by atoms with van der Waals surface area (Å²) >= 11 is 3.26. The van der Waals surface area contributed by atoms with Crippen LogP contribution in [0.15, 0.2) is 41.0 Å². The number of aryl methyl sites for hydroxylation is 1. The van der Waals surface area contributed by atoms with Crippen LogP contribution in [0.25, 0.3) is 0 Å².